The lowest BCUT2D eigenvalue weighted by molar-refractivity contribution is 0.164. The molecule has 1 aliphatic rings. The highest BCUT2D eigenvalue weighted by atomic mass is 35.5. The zero-order chi connectivity index (χ0) is 14.9. The molecule has 1 aromatic heterocycles. The van der Waals surface area contributed by atoms with E-state index in [2.05, 4.69) is 4.98 Å². The first-order valence-corrected chi connectivity index (χ1v) is 8.39. The summed E-state index contributed by atoms with van der Waals surface area (Å²) in [6, 6.07) is -0.0618. The third kappa shape index (κ3) is 3.00. The van der Waals surface area contributed by atoms with Gasteiger partial charge in [0, 0.05) is 26.7 Å². The fourth-order valence-electron chi connectivity index (χ4n) is 2.22. The molecule has 1 unspecified atom stereocenters. The van der Waals surface area contributed by atoms with Crippen LogP contribution in [0.2, 0.25) is 5.15 Å². The molecular formula is C12H20ClN3O3S. The molecule has 2 rings (SSSR count). The summed E-state index contributed by atoms with van der Waals surface area (Å²) in [4.78, 5) is 3.94. The van der Waals surface area contributed by atoms with Crippen LogP contribution in [-0.2, 0) is 21.8 Å². The molecule has 0 spiro atoms. The molecule has 0 radical (unpaired) electrons. The minimum absolute atomic E-state index is 0.0618. The van der Waals surface area contributed by atoms with Gasteiger partial charge >= 0.3 is 0 Å². The molecule has 0 aliphatic heterocycles. The summed E-state index contributed by atoms with van der Waals surface area (Å²) in [7, 11) is -0.477. The number of imidazole rings is 1. The second-order valence-electron chi connectivity index (χ2n) is 5.14. The van der Waals surface area contributed by atoms with Crippen molar-refractivity contribution in [1.29, 1.82) is 0 Å². The molecule has 1 fully saturated rings. The SMILES string of the molecule is COCCN(C(C)C1CC1)S(=O)(=O)c1ncn(C)c1Cl. The predicted octanol–water partition coefficient (Wildman–Crippen LogP) is 1.51. The highest BCUT2D eigenvalue weighted by molar-refractivity contribution is 7.89. The summed E-state index contributed by atoms with van der Waals surface area (Å²) in [5, 5.41) is 0.0562. The van der Waals surface area contributed by atoms with Crippen LogP contribution in [0.5, 0.6) is 0 Å². The van der Waals surface area contributed by atoms with Crippen molar-refractivity contribution in [3.05, 3.63) is 11.5 Å². The van der Waals surface area contributed by atoms with Gasteiger partial charge in [-0.2, -0.15) is 4.31 Å². The van der Waals surface area contributed by atoms with Crippen LogP contribution in [-0.4, -0.2) is 48.6 Å². The van der Waals surface area contributed by atoms with Gasteiger partial charge in [-0.05, 0) is 25.7 Å². The lowest BCUT2D eigenvalue weighted by Crippen LogP contribution is -2.42. The van der Waals surface area contributed by atoms with Crippen molar-refractivity contribution < 1.29 is 13.2 Å². The molecule has 1 aliphatic carbocycles. The smallest absolute Gasteiger partial charge is 0.264 e. The summed E-state index contributed by atoms with van der Waals surface area (Å²) in [5.41, 5.74) is 0. The number of nitrogens with zero attached hydrogens (tertiary/aromatic N) is 3. The van der Waals surface area contributed by atoms with Gasteiger partial charge in [0.05, 0.1) is 12.9 Å². The maximum absolute atomic E-state index is 12.8. The van der Waals surface area contributed by atoms with Crippen molar-refractivity contribution in [2.24, 2.45) is 13.0 Å². The third-order valence-electron chi connectivity index (χ3n) is 3.66. The number of hydrogen-bond acceptors (Lipinski definition) is 4. The minimum Gasteiger partial charge on any atom is -0.383 e. The van der Waals surface area contributed by atoms with Gasteiger partial charge in [0.2, 0.25) is 5.03 Å². The van der Waals surface area contributed by atoms with E-state index >= 15 is 0 Å². The van der Waals surface area contributed by atoms with Crippen molar-refractivity contribution in [2.45, 2.75) is 30.8 Å². The highest BCUT2D eigenvalue weighted by Gasteiger charge is 2.39. The molecule has 0 amide bonds. The van der Waals surface area contributed by atoms with E-state index in [1.807, 2.05) is 6.92 Å². The maximum atomic E-state index is 12.8. The topological polar surface area (TPSA) is 64.4 Å². The van der Waals surface area contributed by atoms with Crippen LogP contribution in [0.1, 0.15) is 19.8 Å². The number of aromatic nitrogens is 2. The van der Waals surface area contributed by atoms with Gasteiger partial charge in [0.1, 0.15) is 5.15 Å². The fourth-order valence-corrected chi connectivity index (χ4v) is 4.28. The first-order chi connectivity index (χ1) is 9.39. The second kappa shape index (κ2) is 6.01. The van der Waals surface area contributed by atoms with E-state index in [9.17, 15) is 8.42 Å². The van der Waals surface area contributed by atoms with Crippen LogP contribution in [0.4, 0.5) is 0 Å². The molecule has 0 bridgehead atoms. The van der Waals surface area contributed by atoms with Crippen molar-refractivity contribution >= 4 is 21.6 Å². The zero-order valence-electron chi connectivity index (χ0n) is 11.9. The molecular weight excluding hydrogens is 302 g/mol. The molecule has 0 N–H and O–H groups in total. The molecule has 1 aromatic rings. The highest BCUT2D eigenvalue weighted by Crippen LogP contribution is 2.37. The predicted molar refractivity (Wildman–Crippen MR) is 76.2 cm³/mol. The molecule has 20 heavy (non-hydrogen) atoms. The average molecular weight is 322 g/mol. The number of aryl methyl sites for hydroxylation is 1. The summed E-state index contributed by atoms with van der Waals surface area (Å²) in [6.45, 7) is 2.59. The van der Waals surface area contributed by atoms with E-state index in [1.165, 1.54) is 15.2 Å². The van der Waals surface area contributed by atoms with Crippen LogP contribution >= 0.6 is 11.6 Å². The van der Waals surface area contributed by atoms with E-state index < -0.39 is 10.0 Å². The van der Waals surface area contributed by atoms with Crippen LogP contribution < -0.4 is 0 Å². The molecule has 1 heterocycles. The van der Waals surface area contributed by atoms with Crippen molar-refractivity contribution in [3.63, 3.8) is 0 Å². The van der Waals surface area contributed by atoms with Crippen molar-refractivity contribution in [2.75, 3.05) is 20.3 Å². The van der Waals surface area contributed by atoms with Crippen molar-refractivity contribution in [3.8, 4) is 0 Å². The lowest BCUT2D eigenvalue weighted by Gasteiger charge is -2.27. The average Bonchev–Trinajstić information content (AvgIpc) is 3.17. The third-order valence-corrected chi connectivity index (χ3v) is 6.14. The molecule has 0 aromatic carbocycles. The fraction of sp³-hybridized carbons (Fsp3) is 0.750. The van der Waals surface area contributed by atoms with Gasteiger partial charge in [-0.25, -0.2) is 13.4 Å². The second-order valence-corrected chi connectivity index (χ2v) is 7.30. The number of rotatable bonds is 7. The summed E-state index contributed by atoms with van der Waals surface area (Å²) in [6.07, 6.45) is 3.54. The zero-order valence-corrected chi connectivity index (χ0v) is 13.5. The Kier molecular flexibility index (Phi) is 4.73. The Morgan fingerprint density at radius 1 is 1.60 bits per heavy atom. The van der Waals surface area contributed by atoms with Gasteiger partial charge in [0.25, 0.3) is 10.0 Å². The number of hydrogen-bond donors (Lipinski definition) is 0. The molecule has 114 valence electrons. The Hall–Kier alpha value is -0.630. The normalized spacial score (nSPS) is 17.6. The summed E-state index contributed by atoms with van der Waals surface area (Å²) < 4.78 is 33.5. The van der Waals surface area contributed by atoms with E-state index in [0.717, 1.165) is 12.8 Å². The van der Waals surface area contributed by atoms with Crippen molar-refractivity contribution in [1.82, 2.24) is 13.9 Å². The quantitative estimate of drug-likeness (QED) is 0.763. The first kappa shape index (κ1) is 15.8. The lowest BCUT2D eigenvalue weighted by atomic mass is 10.2. The standard InChI is InChI=1S/C12H20ClN3O3S/c1-9(10-4-5-10)16(6-7-19-3)20(17,18)12-11(13)15(2)8-14-12/h8-10H,4-7H2,1-3H3. The van der Waals surface area contributed by atoms with E-state index in [-0.39, 0.29) is 16.2 Å². The largest absolute Gasteiger partial charge is 0.383 e. The maximum Gasteiger partial charge on any atom is 0.264 e. The summed E-state index contributed by atoms with van der Waals surface area (Å²) in [5.74, 6) is 0.420. The molecule has 6 nitrogen and oxygen atoms in total. The molecule has 1 atom stereocenters. The Bertz CT molecular complexity index is 569. The molecule has 0 saturated heterocycles. The Labute approximate surface area is 124 Å². The Balaban J connectivity index is 2.32. The van der Waals surface area contributed by atoms with Crippen LogP contribution in [0, 0.1) is 5.92 Å². The Morgan fingerprint density at radius 2 is 2.25 bits per heavy atom. The number of methoxy groups -OCH3 is 1. The van der Waals surface area contributed by atoms with Gasteiger partial charge in [-0.3, -0.25) is 0 Å². The van der Waals surface area contributed by atoms with Crippen LogP contribution in [0.15, 0.2) is 11.4 Å². The van der Waals surface area contributed by atoms with E-state index in [4.69, 9.17) is 16.3 Å². The number of halogens is 1. The number of ether oxygens (including phenoxy) is 1. The van der Waals surface area contributed by atoms with Crippen LogP contribution in [0.3, 0.4) is 0 Å². The van der Waals surface area contributed by atoms with Crippen LogP contribution in [0.25, 0.3) is 0 Å². The van der Waals surface area contributed by atoms with Gasteiger partial charge in [-0.15, -0.1) is 0 Å². The minimum atomic E-state index is -3.70. The monoisotopic (exact) mass is 321 g/mol. The van der Waals surface area contributed by atoms with Gasteiger partial charge < -0.3 is 9.30 Å². The van der Waals surface area contributed by atoms with E-state index in [0.29, 0.717) is 19.1 Å². The number of sulfonamides is 1. The van der Waals surface area contributed by atoms with Gasteiger partial charge in [0.15, 0.2) is 0 Å². The van der Waals surface area contributed by atoms with Gasteiger partial charge in [-0.1, -0.05) is 11.6 Å². The first-order valence-electron chi connectivity index (χ1n) is 6.57. The molecule has 8 heteroatoms. The Morgan fingerprint density at radius 3 is 2.70 bits per heavy atom. The van der Waals surface area contributed by atoms with E-state index in [1.54, 1.807) is 14.2 Å². The molecule has 1 saturated carbocycles. The summed E-state index contributed by atoms with van der Waals surface area (Å²) >= 11 is 6.03.